The third kappa shape index (κ3) is 5.79. The number of benzene rings is 9. The van der Waals surface area contributed by atoms with Crippen LogP contribution in [0.5, 0.6) is 0 Å². The first kappa shape index (κ1) is 34.8. The second-order valence-electron chi connectivity index (χ2n) is 16.2. The van der Waals surface area contributed by atoms with Crippen molar-refractivity contribution in [3.8, 4) is 50.2 Å². The maximum absolute atomic E-state index is 2.48. The Morgan fingerprint density at radius 2 is 0.898 bits per heavy atom. The molecule has 280 valence electrons. The summed E-state index contributed by atoms with van der Waals surface area (Å²) in [4.78, 5) is 2.48. The summed E-state index contributed by atoms with van der Waals surface area (Å²) in [6.07, 6.45) is 0. The summed E-state index contributed by atoms with van der Waals surface area (Å²) in [6.45, 7) is 4.73. The molecule has 0 radical (unpaired) electrons. The molecule has 0 N–H and O–H groups in total. The maximum atomic E-state index is 2.48. The lowest BCUT2D eigenvalue weighted by atomic mass is 9.82. The molecule has 0 atom stereocenters. The standard InChI is InChI=1S/C57H42N2/c1-57(2)52-24-14-12-22-48(52)49-35-32-46(38-53(49)57)58(45-30-26-41(27-31-45)39-16-6-3-7-17-39)55-36-42(40-18-8-4-9-19-40)28-33-47(55)43-29-34-51-50-23-13-15-25-54(50)59(56(51)37-43)44-20-10-5-11-21-44/h3-38H,1-2H3. The molecule has 0 spiro atoms. The molecule has 2 heteroatoms. The van der Waals surface area contributed by atoms with E-state index >= 15 is 0 Å². The van der Waals surface area contributed by atoms with Gasteiger partial charge in [0.25, 0.3) is 0 Å². The molecule has 1 aromatic heterocycles. The van der Waals surface area contributed by atoms with E-state index in [-0.39, 0.29) is 5.41 Å². The minimum Gasteiger partial charge on any atom is -0.310 e. The average molecular weight is 755 g/mol. The second-order valence-corrected chi connectivity index (χ2v) is 16.2. The summed E-state index contributed by atoms with van der Waals surface area (Å²) in [5, 5.41) is 2.49. The molecule has 0 saturated heterocycles. The second kappa shape index (κ2) is 13.9. The number of fused-ring (bicyclic) bond motifs is 6. The van der Waals surface area contributed by atoms with Crippen molar-refractivity contribution in [1.29, 1.82) is 0 Å². The van der Waals surface area contributed by atoms with Gasteiger partial charge in [-0.15, -0.1) is 0 Å². The van der Waals surface area contributed by atoms with Crippen molar-refractivity contribution in [2.75, 3.05) is 4.90 Å². The highest BCUT2D eigenvalue weighted by molar-refractivity contribution is 6.10. The summed E-state index contributed by atoms with van der Waals surface area (Å²) < 4.78 is 2.41. The van der Waals surface area contributed by atoms with Crippen LogP contribution in [0, 0.1) is 0 Å². The lowest BCUT2D eigenvalue weighted by Crippen LogP contribution is -2.17. The van der Waals surface area contributed by atoms with Gasteiger partial charge < -0.3 is 9.47 Å². The van der Waals surface area contributed by atoms with Gasteiger partial charge >= 0.3 is 0 Å². The van der Waals surface area contributed by atoms with Gasteiger partial charge in [-0.1, -0.05) is 178 Å². The smallest absolute Gasteiger partial charge is 0.0547 e. The van der Waals surface area contributed by atoms with Crippen molar-refractivity contribution in [1.82, 2.24) is 4.57 Å². The van der Waals surface area contributed by atoms with Crippen molar-refractivity contribution < 1.29 is 0 Å². The number of hydrogen-bond acceptors (Lipinski definition) is 1. The van der Waals surface area contributed by atoms with Gasteiger partial charge in [-0.05, 0) is 105 Å². The Balaban J connectivity index is 1.17. The minimum atomic E-state index is -0.143. The van der Waals surface area contributed by atoms with Gasteiger partial charge in [-0.2, -0.15) is 0 Å². The highest BCUT2D eigenvalue weighted by Gasteiger charge is 2.36. The first-order chi connectivity index (χ1) is 29.0. The zero-order valence-electron chi connectivity index (χ0n) is 33.2. The molecule has 59 heavy (non-hydrogen) atoms. The topological polar surface area (TPSA) is 8.17 Å². The van der Waals surface area contributed by atoms with Crippen molar-refractivity contribution in [2.45, 2.75) is 19.3 Å². The van der Waals surface area contributed by atoms with Gasteiger partial charge in [0.1, 0.15) is 0 Å². The molecule has 11 rings (SSSR count). The summed E-state index contributed by atoms with van der Waals surface area (Å²) in [7, 11) is 0. The fourth-order valence-electron chi connectivity index (χ4n) is 9.46. The molecule has 1 aliphatic rings. The average Bonchev–Trinajstić information content (AvgIpc) is 3.75. The SMILES string of the molecule is CC1(C)c2ccccc2-c2ccc(N(c3ccc(-c4ccccc4)cc3)c3cc(-c4ccccc4)ccc3-c3ccc4c5ccccc5n(-c5ccccc5)c4c3)cc21. The van der Waals surface area contributed by atoms with E-state index < -0.39 is 0 Å². The van der Waals surface area contributed by atoms with E-state index in [0.717, 1.165) is 33.9 Å². The van der Waals surface area contributed by atoms with Crippen LogP contribution in [-0.4, -0.2) is 4.57 Å². The van der Waals surface area contributed by atoms with Crippen LogP contribution in [0.3, 0.4) is 0 Å². The lowest BCUT2D eigenvalue weighted by molar-refractivity contribution is 0.660. The molecule has 10 aromatic rings. The van der Waals surface area contributed by atoms with E-state index in [1.807, 2.05) is 0 Å². The Morgan fingerprint density at radius 1 is 0.356 bits per heavy atom. The third-order valence-electron chi connectivity index (χ3n) is 12.4. The van der Waals surface area contributed by atoms with Crippen molar-refractivity contribution in [3.05, 3.63) is 230 Å². The normalized spacial score (nSPS) is 12.7. The largest absolute Gasteiger partial charge is 0.310 e. The Bertz CT molecular complexity index is 3160. The van der Waals surface area contributed by atoms with Crippen molar-refractivity contribution >= 4 is 38.9 Å². The fraction of sp³-hybridized carbons (Fsp3) is 0.0526. The van der Waals surface area contributed by atoms with E-state index in [0.29, 0.717) is 0 Å². The van der Waals surface area contributed by atoms with E-state index in [9.17, 15) is 0 Å². The minimum absolute atomic E-state index is 0.143. The van der Waals surface area contributed by atoms with E-state index in [2.05, 4.69) is 242 Å². The number of rotatable bonds is 7. The molecular formula is C57H42N2. The predicted molar refractivity (Wildman–Crippen MR) is 249 cm³/mol. The highest BCUT2D eigenvalue weighted by Crippen LogP contribution is 2.52. The van der Waals surface area contributed by atoms with Crippen LogP contribution >= 0.6 is 0 Å². The Hall–Kier alpha value is -7.42. The molecule has 0 aliphatic heterocycles. The van der Waals surface area contributed by atoms with Crippen LogP contribution < -0.4 is 4.90 Å². The molecule has 2 nitrogen and oxygen atoms in total. The number of para-hydroxylation sites is 2. The molecule has 9 aromatic carbocycles. The van der Waals surface area contributed by atoms with Crippen molar-refractivity contribution in [2.24, 2.45) is 0 Å². The number of anilines is 3. The van der Waals surface area contributed by atoms with Crippen molar-refractivity contribution in [3.63, 3.8) is 0 Å². The van der Waals surface area contributed by atoms with Gasteiger partial charge in [0.05, 0.1) is 16.7 Å². The quantitative estimate of drug-likeness (QED) is 0.157. The first-order valence-corrected chi connectivity index (χ1v) is 20.5. The fourth-order valence-corrected chi connectivity index (χ4v) is 9.46. The molecule has 1 aliphatic carbocycles. The van der Waals surface area contributed by atoms with E-state index in [1.165, 1.54) is 66.3 Å². The van der Waals surface area contributed by atoms with E-state index in [4.69, 9.17) is 0 Å². The monoisotopic (exact) mass is 754 g/mol. The molecule has 0 fully saturated rings. The molecular weight excluding hydrogens is 713 g/mol. The van der Waals surface area contributed by atoms with Crippen LogP contribution in [0.25, 0.3) is 72.0 Å². The summed E-state index contributed by atoms with van der Waals surface area (Å²) in [5.74, 6) is 0. The zero-order chi connectivity index (χ0) is 39.5. The maximum Gasteiger partial charge on any atom is 0.0547 e. The Kier molecular flexibility index (Phi) is 8.20. The Labute approximate surface area is 345 Å². The van der Waals surface area contributed by atoms with Crippen LogP contribution in [0.15, 0.2) is 218 Å². The number of aromatic nitrogens is 1. The molecule has 0 saturated carbocycles. The van der Waals surface area contributed by atoms with Crippen LogP contribution in [0.1, 0.15) is 25.0 Å². The summed E-state index contributed by atoms with van der Waals surface area (Å²) in [6, 6.07) is 80.0. The summed E-state index contributed by atoms with van der Waals surface area (Å²) in [5.41, 5.74) is 19.2. The van der Waals surface area contributed by atoms with Gasteiger partial charge in [-0.25, -0.2) is 0 Å². The van der Waals surface area contributed by atoms with Gasteiger partial charge in [0.2, 0.25) is 0 Å². The van der Waals surface area contributed by atoms with Gasteiger partial charge in [0, 0.05) is 38.8 Å². The first-order valence-electron chi connectivity index (χ1n) is 20.5. The molecule has 1 heterocycles. The van der Waals surface area contributed by atoms with E-state index in [1.54, 1.807) is 0 Å². The lowest BCUT2D eigenvalue weighted by Gasteiger charge is -2.30. The van der Waals surface area contributed by atoms with Gasteiger partial charge in [0.15, 0.2) is 0 Å². The zero-order valence-corrected chi connectivity index (χ0v) is 33.2. The predicted octanol–water partition coefficient (Wildman–Crippen LogP) is 15.6. The third-order valence-corrected chi connectivity index (χ3v) is 12.4. The van der Waals surface area contributed by atoms with Crippen LogP contribution in [-0.2, 0) is 5.41 Å². The van der Waals surface area contributed by atoms with Gasteiger partial charge in [-0.3, -0.25) is 0 Å². The highest BCUT2D eigenvalue weighted by atomic mass is 15.1. The molecule has 0 unspecified atom stereocenters. The van der Waals surface area contributed by atoms with Crippen LogP contribution in [0.2, 0.25) is 0 Å². The van der Waals surface area contributed by atoms with Crippen LogP contribution in [0.4, 0.5) is 17.1 Å². The molecule has 0 bridgehead atoms. The molecule has 0 amide bonds. The number of nitrogens with zero attached hydrogens (tertiary/aromatic N) is 2. The Morgan fingerprint density at radius 3 is 1.66 bits per heavy atom. The number of hydrogen-bond donors (Lipinski definition) is 0. The summed E-state index contributed by atoms with van der Waals surface area (Å²) >= 11 is 0.